The van der Waals surface area contributed by atoms with Crippen molar-refractivity contribution in [3.8, 4) is 0 Å². The van der Waals surface area contributed by atoms with E-state index in [1.54, 1.807) is 12.1 Å². The predicted octanol–water partition coefficient (Wildman–Crippen LogP) is 2.87. The fourth-order valence-electron chi connectivity index (χ4n) is 1.37. The van der Waals surface area contributed by atoms with Crippen molar-refractivity contribution in [1.82, 2.24) is 4.57 Å². The molecular formula is C12H19NO2. The highest BCUT2D eigenvalue weighted by molar-refractivity contribution is 5.85. The highest BCUT2D eigenvalue weighted by Gasteiger charge is 2.24. The van der Waals surface area contributed by atoms with E-state index in [4.69, 9.17) is 5.11 Å². The Hall–Kier alpha value is -1.25. The lowest BCUT2D eigenvalue weighted by Gasteiger charge is -2.30. The van der Waals surface area contributed by atoms with Gasteiger partial charge in [-0.1, -0.05) is 27.7 Å². The Bertz CT molecular complexity index is 350. The summed E-state index contributed by atoms with van der Waals surface area (Å²) in [5.74, 6) is -0.346. The molecule has 0 amide bonds. The summed E-state index contributed by atoms with van der Waals surface area (Å²) in [7, 11) is 0. The summed E-state index contributed by atoms with van der Waals surface area (Å²) in [5, 5.41) is 8.97. The molecule has 1 aromatic rings. The van der Waals surface area contributed by atoms with Crippen LogP contribution in [-0.2, 0) is 6.54 Å². The van der Waals surface area contributed by atoms with Crippen molar-refractivity contribution >= 4 is 5.97 Å². The van der Waals surface area contributed by atoms with Crippen LogP contribution >= 0.6 is 0 Å². The third-order valence-electron chi connectivity index (χ3n) is 3.19. The van der Waals surface area contributed by atoms with Crippen molar-refractivity contribution < 1.29 is 9.90 Å². The van der Waals surface area contributed by atoms with E-state index >= 15 is 0 Å². The van der Waals surface area contributed by atoms with Crippen LogP contribution in [0.2, 0.25) is 0 Å². The number of aromatic nitrogens is 1. The van der Waals surface area contributed by atoms with Crippen LogP contribution in [0.4, 0.5) is 0 Å². The van der Waals surface area contributed by atoms with Crippen LogP contribution in [0.3, 0.4) is 0 Å². The van der Waals surface area contributed by atoms with Crippen LogP contribution in [0.1, 0.15) is 38.2 Å². The van der Waals surface area contributed by atoms with Crippen LogP contribution in [0, 0.1) is 11.3 Å². The van der Waals surface area contributed by atoms with Gasteiger partial charge in [0, 0.05) is 12.7 Å². The molecule has 0 bridgehead atoms. The van der Waals surface area contributed by atoms with E-state index in [2.05, 4.69) is 27.7 Å². The average molecular weight is 209 g/mol. The standard InChI is InChI=1S/C12H19NO2/c1-9(2)12(3,4)8-13-7-5-6-10(13)11(14)15/h5-7,9H,8H2,1-4H3,(H,14,15). The van der Waals surface area contributed by atoms with Gasteiger partial charge < -0.3 is 9.67 Å². The Morgan fingerprint density at radius 1 is 1.53 bits per heavy atom. The first-order valence-electron chi connectivity index (χ1n) is 5.23. The highest BCUT2D eigenvalue weighted by Crippen LogP contribution is 2.28. The van der Waals surface area contributed by atoms with Gasteiger partial charge in [0.1, 0.15) is 5.69 Å². The molecule has 0 atom stereocenters. The van der Waals surface area contributed by atoms with E-state index in [0.29, 0.717) is 11.6 Å². The molecular weight excluding hydrogens is 190 g/mol. The maximum absolute atomic E-state index is 10.9. The van der Waals surface area contributed by atoms with Gasteiger partial charge in [0.15, 0.2) is 0 Å². The first kappa shape index (κ1) is 11.8. The van der Waals surface area contributed by atoms with Crippen LogP contribution in [-0.4, -0.2) is 15.6 Å². The minimum Gasteiger partial charge on any atom is -0.477 e. The molecule has 3 nitrogen and oxygen atoms in total. The molecule has 1 rings (SSSR count). The molecule has 0 aliphatic carbocycles. The molecule has 0 spiro atoms. The summed E-state index contributed by atoms with van der Waals surface area (Å²) in [6.07, 6.45) is 1.83. The van der Waals surface area contributed by atoms with Gasteiger partial charge in [-0.15, -0.1) is 0 Å². The molecule has 0 saturated carbocycles. The maximum Gasteiger partial charge on any atom is 0.352 e. The fourth-order valence-corrected chi connectivity index (χ4v) is 1.37. The number of carboxylic acid groups (broad SMARTS) is 1. The molecule has 1 N–H and O–H groups in total. The molecule has 0 aromatic carbocycles. The lowest BCUT2D eigenvalue weighted by molar-refractivity contribution is 0.0680. The molecule has 84 valence electrons. The van der Waals surface area contributed by atoms with Gasteiger partial charge in [0.05, 0.1) is 0 Å². The number of hydrogen-bond acceptors (Lipinski definition) is 1. The number of carbonyl (C=O) groups is 1. The summed E-state index contributed by atoms with van der Waals surface area (Å²) in [6.45, 7) is 9.36. The number of hydrogen-bond donors (Lipinski definition) is 1. The van der Waals surface area contributed by atoms with Gasteiger partial charge in [-0.3, -0.25) is 0 Å². The second kappa shape index (κ2) is 4.09. The topological polar surface area (TPSA) is 42.2 Å². The zero-order valence-corrected chi connectivity index (χ0v) is 9.82. The minimum absolute atomic E-state index is 0.100. The molecule has 0 radical (unpaired) electrons. The van der Waals surface area contributed by atoms with E-state index in [0.717, 1.165) is 6.54 Å². The fraction of sp³-hybridized carbons (Fsp3) is 0.583. The molecule has 1 aromatic heterocycles. The lowest BCUT2D eigenvalue weighted by atomic mass is 9.81. The molecule has 3 heteroatoms. The zero-order chi connectivity index (χ0) is 11.6. The van der Waals surface area contributed by atoms with E-state index in [1.807, 2.05) is 10.8 Å². The smallest absolute Gasteiger partial charge is 0.352 e. The van der Waals surface area contributed by atoms with Crippen molar-refractivity contribution in [2.75, 3.05) is 0 Å². The molecule has 0 aliphatic heterocycles. The van der Waals surface area contributed by atoms with Crippen molar-refractivity contribution in [2.45, 2.75) is 34.2 Å². The molecule has 15 heavy (non-hydrogen) atoms. The number of rotatable bonds is 4. The van der Waals surface area contributed by atoms with Crippen molar-refractivity contribution in [3.63, 3.8) is 0 Å². The molecule has 0 aliphatic rings. The van der Waals surface area contributed by atoms with E-state index < -0.39 is 5.97 Å². The van der Waals surface area contributed by atoms with Crippen molar-refractivity contribution in [3.05, 3.63) is 24.0 Å². The summed E-state index contributed by atoms with van der Waals surface area (Å²) in [5.41, 5.74) is 0.465. The molecule has 0 unspecified atom stereocenters. The summed E-state index contributed by atoms with van der Waals surface area (Å²) in [4.78, 5) is 10.9. The quantitative estimate of drug-likeness (QED) is 0.828. The summed E-state index contributed by atoms with van der Waals surface area (Å²) < 4.78 is 1.81. The van der Waals surface area contributed by atoms with Gasteiger partial charge in [0.25, 0.3) is 0 Å². The summed E-state index contributed by atoms with van der Waals surface area (Å²) in [6, 6.07) is 3.42. The Balaban J connectivity index is 2.90. The van der Waals surface area contributed by atoms with Gasteiger partial charge in [-0.25, -0.2) is 4.79 Å². The molecule has 0 fully saturated rings. The highest BCUT2D eigenvalue weighted by atomic mass is 16.4. The molecule has 0 saturated heterocycles. The SMILES string of the molecule is CC(C)C(C)(C)Cn1cccc1C(=O)O. The van der Waals surface area contributed by atoms with E-state index in [9.17, 15) is 4.79 Å². The van der Waals surface area contributed by atoms with Gasteiger partial charge >= 0.3 is 5.97 Å². The van der Waals surface area contributed by atoms with Crippen molar-refractivity contribution in [2.24, 2.45) is 11.3 Å². The Kier molecular flexibility index (Phi) is 3.22. The minimum atomic E-state index is -0.862. The normalized spacial score (nSPS) is 12.1. The lowest BCUT2D eigenvalue weighted by Crippen LogP contribution is -2.26. The second-order valence-electron chi connectivity index (χ2n) is 4.97. The number of nitrogens with zero attached hydrogens (tertiary/aromatic N) is 1. The van der Waals surface area contributed by atoms with Crippen molar-refractivity contribution in [1.29, 1.82) is 0 Å². The Morgan fingerprint density at radius 3 is 2.60 bits per heavy atom. The van der Waals surface area contributed by atoms with Gasteiger partial charge in [-0.2, -0.15) is 0 Å². The van der Waals surface area contributed by atoms with Crippen LogP contribution in [0.15, 0.2) is 18.3 Å². The second-order valence-corrected chi connectivity index (χ2v) is 4.97. The largest absolute Gasteiger partial charge is 0.477 e. The number of aromatic carboxylic acids is 1. The van der Waals surface area contributed by atoms with E-state index in [-0.39, 0.29) is 5.41 Å². The Morgan fingerprint density at radius 2 is 2.13 bits per heavy atom. The molecule has 1 heterocycles. The zero-order valence-electron chi connectivity index (χ0n) is 9.82. The van der Waals surface area contributed by atoms with Crippen LogP contribution in [0.5, 0.6) is 0 Å². The van der Waals surface area contributed by atoms with Gasteiger partial charge in [0.2, 0.25) is 0 Å². The average Bonchev–Trinajstić information content (AvgIpc) is 2.51. The monoisotopic (exact) mass is 209 g/mol. The third-order valence-corrected chi connectivity index (χ3v) is 3.19. The third kappa shape index (κ3) is 2.61. The van der Waals surface area contributed by atoms with Gasteiger partial charge in [-0.05, 0) is 23.5 Å². The van der Waals surface area contributed by atoms with Crippen LogP contribution in [0.25, 0.3) is 0 Å². The number of carboxylic acids is 1. The van der Waals surface area contributed by atoms with Crippen LogP contribution < -0.4 is 0 Å². The summed E-state index contributed by atoms with van der Waals surface area (Å²) >= 11 is 0. The Labute approximate surface area is 90.7 Å². The predicted molar refractivity (Wildman–Crippen MR) is 60.0 cm³/mol. The first-order valence-corrected chi connectivity index (χ1v) is 5.23. The first-order chi connectivity index (χ1) is 6.84. The maximum atomic E-state index is 10.9. The van der Waals surface area contributed by atoms with E-state index in [1.165, 1.54) is 0 Å².